The lowest BCUT2D eigenvalue weighted by Gasteiger charge is -2.32. The average Bonchev–Trinajstić information content (AvgIpc) is 3.20. The summed E-state index contributed by atoms with van der Waals surface area (Å²) in [5.74, 6) is -2.54. The van der Waals surface area contributed by atoms with E-state index in [1.54, 1.807) is 31.2 Å². The average molecular weight is 486 g/mol. The minimum absolute atomic E-state index is 0.0474. The third kappa shape index (κ3) is 5.21. The number of nitrogens with zero attached hydrogens (tertiary/aromatic N) is 2. The smallest absolute Gasteiger partial charge is 0.273 e. The van der Waals surface area contributed by atoms with Gasteiger partial charge in [0, 0.05) is 19.3 Å². The maximum Gasteiger partial charge on any atom is 0.273 e. The molecule has 0 radical (unpaired) electrons. The number of anilines is 2. The van der Waals surface area contributed by atoms with E-state index in [-0.39, 0.29) is 29.4 Å². The van der Waals surface area contributed by atoms with E-state index >= 15 is 0 Å². The van der Waals surface area contributed by atoms with Crippen molar-refractivity contribution in [2.45, 2.75) is 13.0 Å². The molecule has 2 aromatic carbocycles. The van der Waals surface area contributed by atoms with Crippen molar-refractivity contribution in [2.75, 3.05) is 30.9 Å². The van der Waals surface area contributed by atoms with Gasteiger partial charge in [0.05, 0.1) is 12.3 Å². The number of aromatic nitrogens is 1. The van der Waals surface area contributed by atoms with Crippen molar-refractivity contribution in [3.05, 3.63) is 76.0 Å². The number of hydrogen-bond acceptors (Lipinski definition) is 7. The molecule has 9 nitrogen and oxygen atoms in total. The molecule has 178 valence electrons. The van der Waals surface area contributed by atoms with Crippen molar-refractivity contribution in [1.29, 1.82) is 0 Å². The van der Waals surface area contributed by atoms with E-state index in [1.165, 1.54) is 36.3 Å². The van der Waals surface area contributed by atoms with E-state index in [2.05, 4.69) is 9.69 Å². The van der Waals surface area contributed by atoms with Crippen molar-refractivity contribution in [3.8, 4) is 0 Å². The Morgan fingerprint density at radius 2 is 1.85 bits per heavy atom. The van der Waals surface area contributed by atoms with Gasteiger partial charge < -0.3 is 21.5 Å². The monoisotopic (exact) mass is 485 g/mol. The summed E-state index contributed by atoms with van der Waals surface area (Å²) in [7, 11) is 1.50. The van der Waals surface area contributed by atoms with Crippen LogP contribution >= 0.6 is 11.5 Å². The first-order chi connectivity index (χ1) is 16.3. The van der Waals surface area contributed by atoms with Gasteiger partial charge in [-0.3, -0.25) is 19.3 Å². The molecule has 3 aromatic rings. The molecular formula is C23H24FN5O4S. The van der Waals surface area contributed by atoms with Gasteiger partial charge in [-0.05, 0) is 47.8 Å². The molecule has 0 unspecified atom stereocenters. The number of primary amides is 1. The van der Waals surface area contributed by atoms with Crippen LogP contribution in [0.15, 0.2) is 48.5 Å². The van der Waals surface area contributed by atoms with Crippen molar-refractivity contribution >= 4 is 40.6 Å². The van der Waals surface area contributed by atoms with E-state index in [0.717, 1.165) is 0 Å². The summed E-state index contributed by atoms with van der Waals surface area (Å²) in [4.78, 5) is 40.1. The summed E-state index contributed by atoms with van der Waals surface area (Å²) >= 11 is 0.711. The Morgan fingerprint density at radius 3 is 2.44 bits per heavy atom. The number of amides is 3. The molecule has 3 rings (SSSR count). The van der Waals surface area contributed by atoms with Crippen LogP contribution in [0.3, 0.4) is 0 Å². The van der Waals surface area contributed by atoms with Gasteiger partial charge in [-0.2, -0.15) is 4.37 Å². The molecule has 3 amide bonds. The van der Waals surface area contributed by atoms with Crippen LogP contribution in [-0.4, -0.2) is 42.4 Å². The second-order valence-electron chi connectivity index (χ2n) is 7.34. The minimum Gasteiger partial charge on any atom is -0.395 e. The van der Waals surface area contributed by atoms with Crippen LogP contribution in [0, 0.1) is 12.7 Å². The molecule has 0 bridgehead atoms. The third-order valence-electron chi connectivity index (χ3n) is 5.05. The molecule has 1 aromatic heterocycles. The number of rotatable bonds is 9. The van der Waals surface area contributed by atoms with Crippen LogP contribution in [0.4, 0.5) is 15.8 Å². The molecule has 34 heavy (non-hydrogen) atoms. The molecule has 0 spiro atoms. The molecule has 1 heterocycles. The van der Waals surface area contributed by atoms with Crippen LogP contribution in [0.5, 0.6) is 0 Å². The van der Waals surface area contributed by atoms with Gasteiger partial charge in [0.25, 0.3) is 11.8 Å². The summed E-state index contributed by atoms with van der Waals surface area (Å²) in [5.41, 5.74) is 12.4. The lowest BCUT2D eigenvalue weighted by molar-refractivity contribution is -0.122. The zero-order valence-electron chi connectivity index (χ0n) is 18.6. The molecule has 1 atom stereocenters. The number of methoxy groups -OCH3 is 1. The first-order valence-corrected chi connectivity index (χ1v) is 11.0. The third-order valence-corrected chi connectivity index (χ3v) is 5.90. The van der Waals surface area contributed by atoms with E-state index in [9.17, 15) is 18.8 Å². The first-order valence-electron chi connectivity index (χ1n) is 10.2. The van der Waals surface area contributed by atoms with E-state index in [4.69, 9.17) is 16.2 Å². The number of carbonyl (C=O) groups excluding carboxylic acids is 3. The molecule has 0 aliphatic rings. The Labute approximate surface area is 199 Å². The first kappa shape index (κ1) is 24.8. The van der Waals surface area contributed by atoms with Gasteiger partial charge in [0.15, 0.2) is 5.69 Å². The Morgan fingerprint density at radius 1 is 1.18 bits per heavy atom. The van der Waals surface area contributed by atoms with E-state index in [0.29, 0.717) is 28.3 Å². The van der Waals surface area contributed by atoms with Crippen LogP contribution in [0.2, 0.25) is 0 Å². The quantitative estimate of drug-likeness (QED) is 0.398. The molecule has 0 saturated heterocycles. The number of hydrogen-bond donors (Lipinski definition) is 3. The lowest BCUT2D eigenvalue weighted by Crippen LogP contribution is -2.45. The number of para-hydroxylation sites is 1. The molecule has 0 aliphatic heterocycles. The maximum absolute atomic E-state index is 13.9. The largest absolute Gasteiger partial charge is 0.395 e. The van der Waals surface area contributed by atoms with Crippen LogP contribution in [0.1, 0.15) is 37.3 Å². The van der Waals surface area contributed by atoms with E-state index in [1.807, 2.05) is 0 Å². The highest BCUT2D eigenvalue weighted by Gasteiger charge is 2.36. The highest BCUT2D eigenvalue weighted by Crippen LogP contribution is 2.34. The lowest BCUT2D eigenvalue weighted by atomic mass is 10.0. The fourth-order valence-electron chi connectivity index (χ4n) is 3.37. The van der Waals surface area contributed by atoms with Crippen molar-refractivity contribution < 1.29 is 23.5 Å². The molecule has 0 saturated carbocycles. The fraction of sp³-hybridized carbons (Fsp3) is 0.217. The van der Waals surface area contributed by atoms with Crippen LogP contribution in [-0.2, 0) is 9.53 Å². The number of benzene rings is 2. The normalized spacial score (nSPS) is 11.6. The zero-order valence-corrected chi connectivity index (χ0v) is 19.4. The Bertz CT molecular complexity index is 1200. The summed E-state index contributed by atoms with van der Waals surface area (Å²) in [5, 5.41) is 2.74. The highest BCUT2D eigenvalue weighted by atomic mass is 32.1. The highest BCUT2D eigenvalue weighted by molar-refractivity contribution is 7.09. The Kier molecular flexibility index (Phi) is 7.92. The van der Waals surface area contributed by atoms with Crippen LogP contribution in [0.25, 0.3) is 0 Å². The fourth-order valence-corrected chi connectivity index (χ4v) is 4.12. The van der Waals surface area contributed by atoms with Gasteiger partial charge in [0.1, 0.15) is 16.7 Å². The summed E-state index contributed by atoms with van der Waals surface area (Å²) in [6.07, 6.45) is 0. The van der Waals surface area contributed by atoms with Gasteiger partial charge in [-0.25, -0.2) is 4.39 Å². The number of nitrogens with one attached hydrogen (secondary N) is 1. The number of ether oxygens (including phenoxy) is 1. The number of aryl methyl sites for hydroxylation is 1. The number of nitrogens with two attached hydrogens (primary N) is 2. The van der Waals surface area contributed by atoms with Crippen molar-refractivity contribution in [3.63, 3.8) is 0 Å². The maximum atomic E-state index is 13.9. The predicted molar refractivity (Wildman–Crippen MR) is 127 cm³/mol. The molecule has 11 heteroatoms. The van der Waals surface area contributed by atoms with Crippen LogP contribution < -0.4 is 21.7 Å². The van der Waals surface area contributed by atoms with Gasteiger partial charge in [0.2, 0.25) is 5.91 Å². The molecule has 0 fully saturated rings. The van der Waals surface area contributed by atoms with Gasteiger partial charge in [-0.1, -0.05) is 30.3 Å². The van der Waals surface area contributed by atoms with Gasteiger partial charge >= 0.3 is 0 Å². The summed E-state index contributed by atoms with van der Waals surface area (Å²) in [6, 6.07) is 11.1. The summed E-state index contributed by atoms with van der Waals surface area (Å²) < 4.78 is 22.6. The molecular weight excluding hydrogens is 461 g/mol. The number of halogens is 1. The standard InChI is InChI=1S/C23H24FN5O4S/c1-13-5-3-4-6-16(13)29(23(32)20-17(25)18(21(26)30)28-34-20)19(22(31)27-11-12-33-2)14-7-9-15(24)10-8-14/h3-10,19H,11-12,25H2,1-2H3,(H2,26,30)(H,27,31)/t19-/m0/s1. The zero-order chi connectivity index (χ0) is 24.8. The number of carbonyl (C=O) groups is 3. The Balaban J connectivity index is 2.19. The summed E-state index contributed by atoms with van der Waals surface area (Å²) in [6.45, 7) is 2.23. The Hall–Kier alpha value is -3.83. The van der Waals surface area contributed by atoms with Gasteiger partial charge in [-0.15, -0.1) is 0 Å². The molecule has 5 N–H and O–H groups in total. The second kappa shape index (κ2) is 10.9. The molecule has 0 aliphatic carbocycles. The predicted octanol–water partition coefficient (Wildman–Crippen LogP) is 2.42. The SMILES string of the molecule is COCCNC(=O)[C@H](c1ccc(F)cc1)N(C(=O)c1snc(C(N)=O)c1N)c1ccccc1C. The second-order valence-corrected chi connectivity index (χ2v) is 8.11. The number of nitrogen functional groups attached to an aromatic ring is 1. The van der Waals surface area contributed by atoms with Crippen molar-refractivity contribution in [1.82, 2.24) is 9.69 Å². The van der Waals surface area contributed by atoms with Crippen molar-refractivity contribution in [2.24, 2.45) is 5.73 Å². The van der Waals surface area contributed by atoms with E-state index < -0.39 is 29.6 Å². The topological polar surface area (TPSA) is 141 Å². The minimum atomic E-state index is -1.19.